The Bertz CT molecular complexity index is 634. The normalized spacial score (nSPS) is 14.0. The van der Waals surface area contributed by atoms with E-state index in [0.717, 1.165) is 18.5 Å². The van der Waals surface area contributed by atoms with E-state index >= 15 is 0 Å². The summed E-state index contributed by atoms with van der Waals surface area (Å²) in [6, 6.07) is 17.1. The summed E-state index contributed by atoms with van der Waals surface area (Å²) in [4.78, 5) is 0. The predicted octanol–water partition coefficient (Wildman–Crippen LogP) is 4.55. The van der Waals surface area contributed by atoms with Crippen molar-refractivity contribution < 1.29 is 0 Å². The van der Waals surface area contributed by atoms with Crippen LogP contribution in [-0.4, -0.2) is 5.71 Å². The zero-order valence-corrected chi connectivity index (χ0v) is 13.0. The van der Waals surface area contributed by atoms with Crippen molar-refractivity contribution in [1.82, 2.24) is 0 Å². The number of hydrogen-bond acceptors (Lipinski definition) is 2. The first-order valence-electron chi connectivity index (χ1n) is 7.51. The van der Waals surface area contributed by atoms with Gasteiger partial charge in [0.15, 0.2) is 0 Å². The van der Waals surface area contributed by atoms with Gasteiger partial charge in [0.25, 0.3) is 0 Å². The Morgan fingerprint density at radius 2 is 1.43 bits per heavy atom. The van der Waals surface area contributed by atoms with E-state index in [4.69, 9.17) is 0 Å². The molecule has 0 unspecified atom stereocenters. The van der Waals surface area contributed by atoms with Gasteiger partial charge in [0.1, 0.15) is 0 Å². The summed E-state index contributed by atoms with van der Waals surface area (Å²) in [5.41, 5.74) is 9.78. The maximum atomic E-state index is 4.57. The molecule has 1 aliphatic carbocycles. The van der Waals surface area contributed by atoms with E-state index in [2.05, 4.69) is 79.8 Å². The van der Waals surface area contributed by atoms with Crippen molar-refractivity contribution in [2.24, 2.45) is 5.10 Å². The van der Waals surface area contributed by atoms with Crippen LogP contribution in [-0.2, 0) is 18.3 Å². The number of fused-ring (bicyclic) bond motifs is 1. The molecule has 0 aromatic heterocycles. The van der Waals surface area contributed by atoms with Crippen molar-refractivity contribution >= 4 is 11.4 Å². The number of benzene rings is 2. The molecule has 0 bridgehead atoms. The number of nitrogens with zero attached hydrogens (tertiary/aromatic N) is 1. The first-order chi connectivity index (χ1) is 10.0. The Balaban J connectivity index is 1.68. The van der Waals surface area contributed by atoms with Gasteiger partial charge in [-0.2, -0.15) is 5.10 Å². The van der Waals surface area contributed by atoms with Crippen molar-refractivity contribution in [1.29, 1.82) is 0 Å². The van der Waals surface area contributed by atoms with Gasteiger partial charge in [-0.3, -0.25) is 5.43 Å². The van der Waals surface area contributed by atoms with Crippen LogP contribution in [0.25, 0.3) is 0 Å². The monoisotopic (exact) mass is 278 g/mol. The summed E-state index contributed by atoms with van der Waals surface area (Å²) in [6.45, 7) is 6.68. The lowest BCUT2D eigenvalue weighted by Gasteiger charge is -2.19. The van der Waals surface area contributed by atoms with Gasteiger partial charge < -0.3 is 0 Å². The molecule has 0 atom stereocenters. The average Bonchev–Trinajstić information content (AvgIpc) is 2.87. The van der Waals surface area contributed by atoms with Crippen LogP contribution < -0.4 is 5.43 Å². The minimum absolute atomic E-state index is 0.192. The minimum atomic E-state index is 0.192. The number of nitrogens with one attached hydrogen (secondary N) is 1. The first-order valence-corrected chi connectivity index (χ1v) is 7.51. The van der Waals surface area contributed by atoms with Crippen LogP contribution >= 0.6 is 0 Å². The van der Waals surface area contributed by atoms with Crippen LogP contribution in [0.3, 0.4) is 0 Å². The molecule has 0 spiro atoms. The zero-order chi connectivity index (χ0) is 14.9. The van der Waals surface area contributed by atoms with Crippen molar-refractivity contribution in [3.05, 3.63) is 65.2 Å². The quantitative estimate of drug-likeness (QED) is 0.801. The molecule has 3 rings (SSSR count). The van der Waals surface area contributed by atoms with E-state index < -0.39 is 0 Å². The molecule has 2 heteroatoms. The molecule has 0 heterocycles. The molecular formula is C19H22N2. The summed E-state index contributed by atoms with van der Waals surface area (Å²) in [7, 11) is 0. The summed E-state index contributed by atoms with van der Waals surface area (Å²) in [5, 5.41) is 4.57. The van der Waals surface area contributed by atoms with Crippen LogP contribution in [0.15, 0.2) is 53.6 Å². The summed E-state index contributed by atoms with van der Waals surface area (Å²) in [6.07, 6.45) is 1.92. The van der Waals surface area contributed by atoms with Gasteiger partial charge >= 0.3 is 0 Å². The molecular weight excluding hydrogens is 256 g/mol. The van der Waals surface area contributed by atoms with Crippen molar-refractivity contribution in [3.63, 3.8) is 0 Å². The van der Waals surface area contributed by atoms with E-state index in [1.54, 1.807) is 0 Å². The smallest absolute Gasteiger partial charge is 0.0561 e. The van der Waals surface area contributed by atoms with Crippen LogP contribution in [0.4, 0.5) is 5.69 Å². The lowest BCUT2D eigenvalue weighted by atomic mass is 9.87. The Hall–Kier alpha value is -2.09. The molecule has 0 saturated carbocycles. The van der Waals surface area contributed by atoms with Gasteiger partial charge in [-0.05, 0) is 34.2 Å². The van der Waals surface area contributed by atoms with Crippen molar-refractivity contribution in [2.45, 2.75) is 39.0 Å². The molecule has 0 amide bonds. The highest BCUT2D eigenvalue weighted by Crippen LogP contribution is 2.24. The maximum Gasteiger partial charge on any atom is 0.0561 e. The van der Waals surface area contributed by atoms with Crippen LogP contribution in [0, 0.1) is 0 Å². The third kappa shape index (κ3) is 3.15. The second-order valence-corrected chi connectivity index (χ2v) is 6.74. The lowest BCUT2D eigenvalue weighted by molar-refractivity contribution is 0.590. The fourth-order valence-corrected chi connectivity index (χ4v) is 2.67. The first kappa shape index (κ1) is 13.9. The molecule has 2 aromatic rings. The van der Waals surface area contributed by atoms with Crippen LogP contribution in [0.5, 0.6) is 0 Å². The van der Waals surface area contributed by atoms with Gasteiger partial charge in [-0.1, -0.05) is 57.2 Å². The van der Waals surface area contributed by atoms with Crippen LogP contribution in [0.2, 0.25) is 0 Å². The Kier molecular flexibility index (Phi) is 3.54. The number of hydrazone groups is 1. The molecule has 0 radical (unpaired) electrons. The molecule has 0 fully saturated rings. The van der Waals surface area contributed by atoms with E-state index in [1.807, 2.05) is 0 Å². The van der Waals surface area contributed by atoms with E-state index in [0.29, 0.717) is 0 Å². The highest BCUT2D eigenvalue weighted by atomic mass is 15.3. The van der Waals surface area contributed by atoms with Gasteiger partial charge in [0, 0.05) is 18.6 Å². The molecule has 1 aliphatic rings. The third-order valence-electron chi connectivity index (χ3n) is 4.00. The van der Waals surface area contributed by atoms with E-state index in [9.17, 15) is 0 Å². The molecule has 0 aliphatic heterocycles. The second kappa shape index (κ2) is 5.36. The predicted molar refractivity (Wildman–Crippen MR) is 90.0 cm³/mol. The fraction of sp³-hybridized carbons (Fsp3) is 0.316. The minimum Gasteiger partial charge on any atom is -0.279 e. The standard InChI is InChI=1S/C19H22N2/c1-19(2,3)16-8-10-17(11-9-16)20-21-18-12-14-6-4-5-7-15(14)13-18/h4-11,20H,12-13H2,1-3H3. The van der Waals surface area contributed by atoms with E-state index in [-0.39, 0.29) is 5.41 Å². The largest absolute Gasteiger partial charge is 0.279 e. The molecule has 2 aromatic carbocycles. The highest BCUT2D eigenvalue weighted by molar-refractivity contribution is 5.93. The van der Waals surface area contributed by atoms with Crippen LogP contribution in [0.1, 0.15) is 37.5 Å². The van der Waals surface area contributed by atoms with E-state index in [1.165, 1.54) is 22.4 Å². The zero-order valence-electron chi connectivity index (χ0n) is 13.0. The SMILES string of the molecule is CC(C)(C)c1ccc(NN=C2Cc3ccccc3C2)cc1. The summed E-state index contributed by atoms with van der Waals surface area (Å²) < 4.78 is 0. The Morgan fingerprint density at radius 3 is 1.95 bits per heavy atom. The van der Waals surface area contributed by atoms with Crippen molar-refractivity contribution in [3.8, 4) is 0 Å². The number of anilines is 1. The van der Waals surface area contributed by atoms with Gasteiger partial charge in [0.2, 0.25) is 0 Å². The summed E-state index contributed by atoms with van der Waals surface area (Å²) in [5.74, 6) is 0. The highest BCUT2D eigenvalue weighted by Gasteiger charge is 2.16. The fourth-order valence-electron chi connectivity index (χ4n) is 2.67. The third-order valence-corrected chi connectivity index (χ3v) is 4.00. The van der Waals surface area contributed by atoms with Crippen molar-refractivity contribution in [2.75, 3.05) is 5.43 Å². The molecule has 108 valence electrons. The molecule has 21 heavy (non-hydrogen) atoms. The Morgan fingerprint density at radius 1 is 0.857 bits per heavy atom. The van der Waals surface area contributed by atoms with Gasteiger partial charge in [-0.25, -0.2) is 0 Å². The molecule has 2 nitrogen and oxygen atoms in total. The maximum absolute atomic E-state index is 4.57. The number of rotatable bonds is 2. The topological polar surface area (TPSA) is 24.4 Å². The molecule has 1 N–H and O–H groups in total. The number of hydrogen-bond donors (Lipinski definition) is 1. The second-order valence-electron chi connectivity index (χ2n) is 6.74. The average molecular weight is 278 g/mol. The van der Waals surface area contributed by atoms with Gasteiger partial charge in [0.05, 0.1) is 5.69 Å². The van der Waals surface area contributed by atoms with Gasteiger partial charge in [-0.15, -0.1) is 0 Å². The Labute approximate surface area is 126 Å². The lowest BCUT2D eigenvalue weighted by Crippen LogP contribution is -2.10. The summed E-state index contributed by atoms with van der Waals surface area (Å²) >= 11 is 0. The molecule has 0 saturated heterocycles.